The van der Waals surface area contributed by atoms with Gasteiger partial charge in [-0.2, -0.15) is 0 Å². The van der Waals surface area contributed by atoms with Crippen molar-refractivity contribution in [3.63, 3.8) is 0 Å². The van der Waals surface area contributed by atoms with E-state index in [0.717, 1.165) is 25.7 Å². The molecule has 146 valence electrons. The first kappa shape index (κ1) is 20.0. The third-order valence-corrected chi connectivity index (χ3v) is 7.40. The van der Waals surface area contributed by atoms with Crippen molar-refractivity contribution in [2.75, 3.05) is 5.32 Å². The van der Waals surface area contributed by atoms with E-state index in [4.69, 9.17) is 17.3 Å². The van der Waals surface area contributed by atoms with E-state index in [0.29, 0.717) is 22.4 Å². The number of anilines is 2. The van der Waals surface area contributed by atoms with Crippen molar-refractivity contribution >= 4 is 32.9 Å². The smallest absolute Gasteiger partial charge is 0.182 e. The van der Waals surface area contributed by atoms with Crippen LogP contribution in [0.2, 0.25) is 5.02 Å². The molecule has 1 aliphatic carbocycles. The molecule has 8 heteroatoms. The van der Waals surface area contributed by atoms with Crippen LogP contribution in [0.25, 0.3) is 0 Å². The number of nitrogens with two attached hydrogens (primary N) is 1. The second kappa shape index (κ2) is 8.12. The van der Waals surface area contributed by atoms with Crippen LogP contribution in [0.5, 0.6) is 0 Å². The van der Waals surface area contributed by atoms with Gasteiger partial charge in [0, 0.05) is 12.0 Å². The van der Waals surface area contributed by atoms with E-state index < -0.39 is 15.1 Å². The lowest BCUT2D eigenvalue weighted by molar-refractivity contribution is 0.382. The molecule has 1 heterocycles. The molecule has 6 nitrogen and oxygen atoms in total. The van der Waals surface area contributed by atoms with Crippen LogP contribution in [0.1, 0.15) is 51.3 Å². The number of hydrogen-bond acceptors (Lipinski definition) is 6. The SMILES string of the molecule is CC(C)S(=O)(=O)c1ccccc1Nc1nc([C@@H]2CCC[C@H](N)C2)ncc1Cl. The molecule has 0 bridgehead atoms. The first-order valence-corrected chi connectivity index (χ1v) is 11.1. The maximum absolute atomic E-state index is 12.7. The summed E-state index contributed by atoms with van der Waals surface area (Å²) in [6.07, 6.45) is 5.48. The van der Waals surface area contributed by atoms with Gasteiger partial charge in [-0.05, 0) is 45.2 Å². The van der Waals surface area contributed by atoms with Crippen molar-refractivity contribution in [2.24, 2.45) is 5.73 Å². The molecule has 1 aromatic heterocycles. The number of aromatic nitrogens is 2. The van der Waals surface area contributed by atoms with Gasteiger partial charge in [0.05, 0.1) is 22.0 Å². The van der Waals surface area contributed by atoms with Gasteiger partial charge in [-0.1, -0.05) is 30.2 Å². The molecule has 0 unspecified atom stereocenters. The van der Waals surface area contributed by atoms with Crippen molar-refractivity contribution in [3.8, 4) is 0 Å². The first-order valence-electron chi connectivity index (χ1n) is 9.17. The van der Waals surface area contributed by atoms with Crippen molar-refractivity contribution in [1.29, 1.82) is 0 Å². The topological polar surface area (TPSA) is 98.0 Å². The van der Waals surface area contributed by atoms with E-state index >= 15 is 0 Å². The zero-order valence-electron chi connectivity index (χ0n) is 15.5. The zero-order chi connectivity index (χ0) is 19.6. The molecule has 3 rings (SSSR count). The highest BCUT2D eigenvalue weighted by Crippen LogP contribution is 2.34. The molecule has 2 atom stereocenters. The summed E-state index contributed by atoms with van der Waals surface area (Å²) in [7, 11) is -3.44. The molecular formula is C19H25ClN4O2S. The van der Waals surface area contributed by atoms with E-state index in [1.165, 1.54) is 0 Å². The summed E-state index contributed by atoms with van der Waals surface area (Å²) in [4.78, 5) is 9.20. The van der Waals surface area contributed by atoms with Crippen molar-refractivity contribution < 1.29 is 8.42 Å². The molecule has 0 aliphatic heterocycles. The minimum Gasteiger partial charge on any atom is -0.338 e. The standard InChI is InChI=1S/C19H25ClN4O2S/c1-12(2)27(25,26)17-9-4-3-8-16(17)23-19-15(20)11-22-18(24-19)13-6-5-7-14(21)10-13/h3-4,8-9,11-14H,5-7,10,21H2,1-2H3,(H,22,23,24)/t13-,14+/m1/s1. The van der Waals surface area contributed by atoms with Gasteiger partial charge in [0.25, 0.3) is 0 Å². The molecule has 0 saturated heterocycles. The highest BCUT2D eigenvalue weighted by Gasteiger charge is 2.25. The molecule has 0 amide bonds. The summed E-state index contributed by atoms with van der Waals surface area (Å²) >= 11 is 6.28. The molecule has 27 heavy (non-hydrogen) atoms. The Hall–Kier alpha value is -1.70. The van der Waals surface area contributed by atoms with Crippen LogP contribution in [-0.4, -0.2) is 29.7 Å². The molecular weight excluding hydrogens is 384 g/mol. The predicted molar refractivity (Wildman–Crippen MR) is 108 cm³/mol. The minimum absolute atomic E-state index is 0.163. The van der Waals surface area contributed by atoms with Gasteiger partial charge >= 0.3 is 0 Å². The van der Waals surface area contributed by atoms with Gasteiger partial charge in [-0.3, -0.25) is 0 Å². The first-order chi connectivity index (χ1) is 12.8. The van der Waals surface area contributed by atoms with Crippen LogP contribution in [-0.2, 0) is 9.84 Å². The van der Waals surface area contributed by atoms with Crippen LogP contribution in [0, 0.1) is 0 Å². The van der Waals surface area contributed by atoms with Crippen LogP contribution >= 0.6 is 11.6 Å². The highest BCUT2D eigenvalue weighted by atomic mass is 35.5. The maximum atomic E-state index is 12.7. The number of benzene rings is 1. The third-order valence-electron chi connectivity index (χ3n) is 4.91. The van der Waals surface area contributed by atoms with Crippen LogP contribution < -0.4 is 11.1 Å². The Labute approximate surface area is 165 Å². The molecule has 2 aromatic rings. The Morgan fingerprint density at radius 3 is 2.70 bits per heavy atom. The Bertz CT molecular complexity index is 918. The monoisotopic (exact) mass is 408 g/mol. The van der Waals surface area contributed by atoms with E-state index in [1.54, 1.807) is 44.3 Å². The maximum Gasteiger partial charge on any atom is 0.182 e. The summed E-state index contributed by atoms with van der Waals surface area (Å²) in [5.41, 5.74) is 6.54. The van der Waals surface area contributed by atoms with E-state index in [1.807, 2.05) is 0 Å². The van der Waals surface area contributed by atoms with Crippen molar-refractivity contribution in [2.45, 2.75) is 61.6 Å². The molecule has 1 aliphatic rings. The summed E-state index contributed by atoms with van der Waals surface area (Å²) < 4.78 is 25.3. The molecule has 1 aromatic carbocycles. The number of halogens is 1. The predicted octanol–water partition coefficient (Wildman–Crippen LogP) is 4.04. The quantitative estimate of drug-likeness (QED) is 0.774. The highest BCUT2D eigenvalue weighted by molar-refractivity contribution is 7.92. The number of rotatable bonds is 5. The Balaban J connectivity index is 1.94. The van der Waals surface area contributed by atoms with Crippen molar-refractivity contribution in [3.05, 3.63) is 41.3 Å². The normalized spacial score (nSPS) is 20.6. The third kappa shape index (κ3) is 4.42. The summed E-state index contributed by atoms with van der Waals surface area (Å²) in [5.74, 6) is 1.30. The Kier molecular flexibility index (Phi) is 6.03. The lowest BCUT2D eigenvalue weighted by Crippen LogP contribution is -2.27. The van der Waals surface area contributed by atoms with Crippen molar-refractivity contribution in [1.82, 2.24) is 9.97 Å². The molecule has 1 fully saturated rings. The van der Waals surface area contributed by atoms with E-state index in [9.17, 15) is 8.42 Å². The number of sulfone groups is 1. The summed E-state index contributed by atoms with van der Waals surface area (Å²) in [6, 6.07) is 6.95. The van der Waals surface area contributed by atoms with Gasteiger partial charge in [-0.25, -0.2) is 18.4 Å². The van der Waals surface area contributed by atoms with Gasteiger partial charge in [0.15, 0.2) is 15.7 Å². The van der Waals surface area contributed by atoms with Gasteiger partial charge in [0.1, 0.15) is 10.8 Å². The number of nitrogens with zero attached hydrogens (tertiary/aromatic N) is 2. The lowest BCUT2D eigenvalue weighted by atomic mass is 9.85. The lowest BCUT2D eigenvalue weighted by Gasteiger charge is -2.25. The fraction of sp³-hybridized carbons (Fsp3) is 0.474. The minimum atomic E-state index is -3.44. The fourth-order valence-corrected chi connectivity index (χ4v) is 4.67. The molecule has 0 radical (unpaired) electrons. The van der Waals surface area contributed by atoms with Gasteiger partial charge in [0.2, 0.25) is 0 Å². The summed E-state index contributed by atoms with van der Waals surface area (Å²) in [6.45, 7) is 3.32. The van der Waals surface area contributed by atoms with Gasteiger partial charge in [-0.15, -0.1) is 0 Å². The number of para-hydroxylation sites is 1. The molecule has 1 saturated carbocycles. The van der Waals surface area contributed by atoms with Crippen LogP contribution in [0.15, 0.2) is 35.4 Å². The average Bonchev–Trinajstić information content (AvgIpc) is 2.63. The second-order valence-electron chi connectivity index (χ2n) is 7.26. The molecule has 0 spiro atoms. The Morgan fingerprint density at radius 1 is 1.26 bits per heavy atom. The number of hydrogen-bond donors (Lipinski definition) is 2. The fourth-order valence-electron chi connectivity index (χ4n) is 3.33. The van der Waals surface area contributed by atoms with Crippen LogP contribution in [0.3, 0.4) is 0 Å². The molecule has 3 N–H and O–H groups in total. The Morgan fingerprint density at radius 2 is 2.00 bits per heavy atom. The van der Waals surface area contributed by atoms with Crippen LogP contribution in [0.4, 0.5) is 11.5 Å². The number of nitrogens with one attached hydrogen (secondary N) is 1. The zero-order valence-corrected chi connectivity index (χ0v) is 17.1. The second-order valence-corrected chi connectivity index (χ2v) is 10.1. The van der Waals surface area contributed by atoms with E-state index in [2.05, 4.69) is 15.3 Å². The van der Waals surface area contributed by atoms with E-state index in [-0.39, 0.29) is 16.9 Å². The average molecular weight is 409 g/mol. The summed E-state index contributed by atoms with van der Waals surface area (Å²) in [5, 5.41) is 2.91. The largest absolute Gasteiger partial charge is 0.338 e. The van der Waals surface area contributed by atoms with Gasteiger partial charge < -0.3 is 11.1 Å².